The Labute approximate surface area is 76.6 Å². The van der Waals surface area contributed by atoms with Crippen LogP contribution in [0.3, 0.4) is 0 Å². The molecule has 1 aromatic rings. The minimum Gasteiger partial charge on any atom is -0.768 e. The summed E-state index contributed by atoms with van der Waals surface area (Å²) in [5, 5.41) is 0.119. The third-order valence-corrected chi connectivity index (χ3v) is 2.41. The fraction of sp³-hybridized carbons (Fsp3) is 0. The normalized spacial score (nSPS) is 12.5. The van der Waals surface area contributed by atoms with Crippen molar-refractivity contribution < 1.29 is 13.6 Å². The topological polar surface area (TPSA) is 57.2 Å². The van der Waals surface area contributed by atoms with Crippen LogP contribution >= 0.6 is 11.6 Å². The maximum absolute atomic E-state index is 10.5. The summed E-state index contributed by atoms with van der Waals surface area (Å²) < 4.78 is 21.0. The average molecular weight is 204 g/mol. The molecule has 0 bridgehead atoms. The molecule has 0 aliphatic rings. The fourth-order valence-electron chi connectivity index (χ4n) is 0.721. The van der Waals surface area contributed by atoms with Gasteiger partial charge < -0.3 is 4.55 Å². The fourth-order valence-corrected chi connectivity index (χ4v) is 1.49. The molecule has 0 radical (unpaired) electrons. The Morgan fingerprint density at radius 2 is 2.17 bits per heavy atom. The first kappa shape index (κ1) is 9.38. The Morgan fingerprint density at radius 3 is 2.67 bits per heavy atom. The highest BCUT2D eigenvalue weighted by atomic mass is 35.5. The van der Waals surface area contributed by atoms with Crippen molar-refractivity contribution in [2.24, 2.45) is 0 Å². The molecule has 64 valence electrons. The summed E-state index contributed by atoms with van der Waals surface area (Å²) in [6, 6.07) is 4.04. The van der Waals surface area contributed by atoms with Crippen molar-refractivity contribution >= 4 is 29.0 Å². The number of aldehydes is 1. The predicted octanol–water partition coefficient (Wildman–Crippen LogP) is 1.39. The number of carbonyl (C=O) groups is 1. The van der Waals surface area contributed by atoms with E-state index in [1.807, 2.05) is 0 Å². The van der Waals surface area contributed by atoms with Gasteiger partial charge in [0.2, 0.25) is 0 Å². The molecule has 0 fully saturated rings. The molecule has 0 aliphatic heterocycles. The number of rotatable bonds is 2. The Hall–Kier alpha value is -0.710. The van der Waals surface area contributed by atoms with Crippen LogP contribution in [-0.2, 0) is 11.1 Å². The van der Waals surface area contributed by atoms with Crippen molar-refractivity contribution in [1.82, 2.24) is 0 Å². The van der Waals surface area contributed by atoms with E-state index >= 15 is 0 Å². The number of hydrogen-bond donors (Lipinski definition) is 0. The number of halogens is 1. The zero-order chi connectivity index (χ0) is 9.14. The molecule has 1 unspecified atom stereocenters. The summed E-state index contributed by atoms with van der Waals surface area (Å²) >= 11 is 3.15. The van der Waals surface area contributed by atoms with Crippen LogP contribution in [0.5, 0.6) is 0 Å². The maximum Gasteiger partial charge on any atom is 0.150 e. The zero-order valence-electron chi connectivity index (χ0n) is 5.82. The van der Waals surface area contributed by atoms with Gasteiger partial charge in [-0.2, -0.15) is 0 Å². The molecule has 0 N–H and O–H groups in total. The smallest absolute Gasteiger partial charge is 0.150 e. The van der Waals surface area contributed by atoms with E-state index in [1.54, 1.807) is 0 Å². The maximum atomic E-state index is 10.5. The Balaban J connectivity index is 3.25. The second kappa shape index (κ2) is 3.80. The van der Waals surface area contributed by atoms with Gasteiger partial charge in [0.25, 0.3) is 0 Å². The van der Waals surface area contributed by atoms with Gasteiger partial charge in [-0.05, 0) is 23.2 Å². The highest BCUT2D eigenvalue weighted by Gasteiger charge is 2.01. The monoisotopic (exact) mass is 203 g/mol. The van der Waals surface area contributed by atoms with Crippen LogP contribution < -0.4 is 0 Å². The second-order valence-electron chi connectivity index (χ2n) is 2.04. The van der Waals surface area contributed by atoms with Gasteiger partial charge in [0.05, 0.1) is 5.02 Å². The van der Waals surface area contributed by atoms with Crippen LogP contribution in [0.15, 0.2) is 23.1 Å². The summed E-state index contributed by atoms with van der Waals surface area (Å²) in [4.78, 5) is 10.2. The van der Waals surface area contributed by atoms with Crippen LogP contribution in [0.4, 0.5) is 0 Å². The van der Waals surface area contributed by atoms with E-state index < -0.39 is 11.1 Å². The zero-order valence-corrected chi connectivity index (χ0v) is 7.39. The highest BCUT2D eigenvalue weighted by molar-refractivity contribution is 7.79. The lowest BCUT2D eigenvalue weighted by atomic mass is 10.2. The molecule has 1 rings (SSSR count). The molecule has 5 heteroatoms. The standard InChI is InChI=1S/C7H5ClO3S/c8-6-2-1-5(4-9)3-7(6)12(10)11/h1-4H,(H,10,11)/p-1. The van der Waals surface area contributed by atoms with Gasteiger partial charge >= 0.3 is 0 Å². The van der Waals surface area contributed by atoms with E-state index in [0.29, 0.717) is 11.8 Å². The van der Waals surface area contributed by atoms with E-state index in [9.17, 15) is 13.6 Å². The summed E-state index contributed by atoms with van der Waals surface area (Å²) in [6.45, 7) is 0. The van der Waals surface area contributed by atoms with Gasteiger partial charge in [-0.15, -0.1) is 0 Å². The van der Waals surface area contributed by atoms with Gasteiger partial charge in [-0.1, -0.05) is 17.7 Å². The Kier molecular flexibility index (Phi) is 2.97. The van der Waals surface area contributed by atoms with Crippen LogP contribution in [0.25, 0.3) is 0 Å². The molecule has 0 saturated heterocycles. The van der Waals surface area contributed by atoms with Crippen molar-refractivity contribution in [3.8, 4) is 0 Å². The summed E-state index contributed by atoms with van der Waals surface area (Å²) in [7, 11) is 0. The molecule has 0 aliphatic carbocycles. The van der Waals surface area contributed by atoms with Crippen molar-refractivity contribution in [1.29, 1.82) is 0 Å². The van der Waals surface area contributed by atoms with Crippen LogP contribution in [0.1, 0.15) is 10.4 Å². The lowest BCUT2D eigenvalue weighted by molar-refractivity contribution is 0.112. The number of hydrogen-bond acceptors (Lipinski definition) is 3. The first-order valence-corrected chi connectivity index (χ1v) is 4.44. The number of benzene rings is 1. The molecule has 0 saturated carbocycles. The molecule has 0 heterocycles. The summed E-state index contributed by atoms with van der Waals surface area (Å²) in [6.07, 6.45) is 0.562. The van der Waals surface area contributed by atoms with E-state index in [1.165, 1.54) is 18.2 Å². The lowest BCUT2D eigenvalue weighted by Crippen LogP contribution is -1.91. The van der Waals surface area contributed by atoms with Gasteiger partial charge in [-0.25, -0.2) is 0 Å². The van der Waals surface area contributed by atoms with Crippen LogP contribution in [0, 0.1) is 0 Å². The second-order valence-corrected chi connectivity index (χ2v) is 3.36. The third kappa shape index (κ3) is 1.91. The van der Waals surface area contributed by atoms with E-state index in [-0.39, 0.29) is 9.92 Å². The lowest BCUT2D eigenvalue weighted by Gasteiger charge is -2.06. The minimum atomic E-state index is -2.39. The first-order valence-electron chi connectivity index (χ1n) is 2.99. The molecular weight excluding hydrogens is 200 g/mol. The SMILES string of the molecule is O=Cc1ccc(Cl)c(S(=O)[O-])c1. The van der Waals surface area contributed by atoms with E-state index in [0.717, 1.165) is 0 Å². The van der Waals surface area contributed by atoms with Crippen molar-refractivity contribution in [2.45, 2.75) is 4.90 Å². The molecular formula is C7H4ClO3S-. The number of carbonyl (C=O) groups excluding carboxylic acids is 1. The highest BCUT2D eigenvalue weighted by Crippen LogP contribution is 2.19. The van der Waals surface area contributed by atoms with Gasteiger partial charge in [0.15, 0.2) is 0 Å². The molecule has 12 heavy (non-hydrogen) atoms. The quantitative estimate of drug-likeness (QED) is 0.539. The molecule has 3 nitrogen and oxygen atoms in total. The largest absolute Gasteiger partial charge is 0.768 e. The average Bonchev–Trinajstić information content (AvgIpc) is 2.05. The van der Waals surface area contributed by atoms with E-state index in [2.05, 4.69) is 0 Å². The van der Waals surface area contributed by atoms with Crippen LogP contribution in [0.2, 0.25) is 5.02 Å². The minimum absolute atomic E-state index is 0.0544. The van der Waals surface area contributed by atoms with Gasteiger partial charge in [-0.3, -0.25) is 9.00 Å². The van der Waals surface area contributed by atoms with Gasteiger partial charge in [0.1, 0.15) is 6.29 Å². The summed E-state index contributed by atoms with van der Waals surface area (Å²) in [5.74, 6) is 0. The molecule has 1 atom stereocenters. The van der Waals surface area contributed by atoms with Crippen molar-refractivity contribution in [3.05, 3.63) is 28.8 Å². The molecule has 1 aromatic carbocycles. The Morgan fingerprint density at radius 1 is 1.50 bits per heavy atom. The first-order chi connectivity index (χ1) is 5.65. The van der Waals surface area contributed by atoms with E-state index in [4.69, 9.17) is 11.6 Å². The Bertz CT molecular complexity index is 337. The molecule has 0 spiro atoms. The molecule has 0 aromatic heterocycles. The molecule has 0 amide bonds. The predicted molar refractivity (Wildman–Crippen MR) is 44.0 cm³/mol. The summed E-state index contributed by atoms with van der Waals surface area (Å²) in [5.41, 5.74) is 0.290. The van der Waals surface area contributed by atoms with Crippen molar-refractivity contribution in [3.63, 3.8) is 0 Å². The van der Waals surface area contributed by atoms with Crippen LogP contribution in [-0.4, -0.2) is 15.0 Å². The van der Waals surface area contributed by atoms with Gasteiger partial charge in [0, 0.05) is 10.5 Å². The van der Waals surface area contributed by atoms with Crippen molar-refractivity contribution in [2.75, 3.05) is 0 Å². The third-order valence-electron chi connectivity index (χ3n) is 1.27.